The minimum atomic E-state index is -3.01. The molecule has 0 atom stereocenters. The number of nitrogens with zero attached hydrogens (tertiary/aromatic N) is 3. The highest BCUT2D eigenvalue weighted by Crippen LogP contribution is 2.11. The van der Waals surface area contributed by atoms with Crippen LogP contribution in [0.3, 0.4) is 0 Å². The van der Waals surface area contributed by atoms with Crippen molar-refractivity contribution in [3.63, 3.8) is 0 Å². The molecule has 0 saturated heterocycles. The van der Waals surface area contributed by atoms with Gasteiger partial charge in [0, 0.05) is 12.8 Å². The summed E-state index contributed by atoms with van der Waals surface area (Å²) in [6, 6.07) is 7.38. The minimum Gasteiger partial charge on any atom is -0.325 e. The highest BCUT2D eigenvalue weighted by atomic mass is 32.2. The van der Waals surface area contributed by atoms with E-state index in [1.54, 1.807) is 10.9 Å². The van der Waals surface area contributed by atoms with Crippen LogP contribution in [0.2, 0.25) is 0 Å². The van der Waals surface area contributed by atoms with E-state index in [-0.39, 0.29) is 12.3 Å². The number of sulfone groups is 1. The van der Waals surface area contributed by atoms with Gasteiger partial charge in [-0.1, -0.05) is 24.3 Å². The zero-order valence-electron chi connectivity index (χ0n) is 14.6. The lowest BCUT2D eigenvalue weighted by atomic mass is 10.1. The smallest absolute Gasteiger partial charge is 0.325 e. The Morgan fingerprint density at radius 2 is 1.77 bits per heavy atom. The first-order valence-electron chi connectivity index (χ1n) is 8.22. The van der Waals surface area contributed by atoms with E-state index in [1.807, 2.05) is 31.2 Å². The van der Waals surface area contributed by atoms with E-state index >= 15 is 0 Å². The maximum Gasteiger partial charge on any atom is 0.330 e. The second-order valence-corrected chi connectivity index (χ2v) is 8.50. The third-order valence-corrected chi connectivity index (χ3v) is 5.17. The molecule has 3 aromatic rings. The Kier molecular flexibility index (Phi) is 4.82. The van der Waals surface area contributed by atoms with Gasteiger partial charge in [0.25, 0.3) is 5.56 Å². The van der Waals surface area contributed by atoms with Crippen LogP contribution in [0, 0.1) is 0 Å². The lowest BCUT2D eigenvalue weighted by molar-refractivity contribution is 0.601. The van der Waals surface area contributed by atoms with Gasteiger partial charge in [0.05, 0.1) is 18.6 Å². The lowest BCUT2D eigenvalue weighted by Crippen LogP contribution is -2.31. The molecule has 138 valence electrons. The number of hydrogen-bond acceptors (Lipinski definition) is 5. The molecule has 1 aromatic carbocycles. The number of hydrogen-bond donors (Lipinski definition) is 1. The predicted molar refractivity (Wildman–Crippen MR) is 99.2 cm³/mol. The summed E-state index contributed by atoms with van der Waals surface area (Å²) in [6.07, 6.45) is 3.21. The van der Waals surface area contributed by atoms with Gasteiger partial charge in [-0.2, -0.15) is 0 Å². The summed E-state index contributed by atoms with van der Waals surface area (Å²) in [7, 11) is -3.01. The van der Waals surface area contributed by atoms with Crippen LogP contribution >= 0.6 is 0 Å². The zero-order chi connectivity index (χ0) is 18.9. The molecule has 0 bridgehead atoms. The molecule has 0 saturated carbocycles. The number of nitrogens with one attached hydrogen (secondary N) is 1. The summed E-state index contributed by atoms with van der Waals surface area (Å²) >= 11 is 0. The van der Waals surface area contributed by atoms with E-state index in [9.17, 15) is 18.0 Å². The van der Waals surface area contributed by atoms with Gasteiger partial charge in [-0.15, -0.1) is 0 Å². The zero-order valence-corrected chi connectivity index (χ0v) is 15.4. The van der Waals surface area contributed by atoms with Gasteiger partial charge in [-0.3, -0.25) is 14.3 Å². The Labute approximate surface area is 150 Å². The van der Waals surface area contributed by atoms with Crippen LogP contribution in [0.1, 0.15) is 18.1 Å². The number of aromatic nitrogens is 4. The molecule has 0 radical (unpaired) electrons. The predicted octanol–water partition coefficient (Wildman–Crippen LogP) is 0.542. The molecule has 0 fully saturated rings. The first kappa shape index (κ1) is 18.1. The molecule has 0 aliphatic heterocycles. The lowest BCUT2D eigenvalue weighted by Gasteiger charge is -2.08. The molecular formula is C17H20N4O4S. The van der Waals surface area contributed by atoms with Crippen molar-refractivity contribution in [3.8, 4) is 0 Å². The molecule has 8 nitrogen and oxygen atoms in total. The first-order chi connectivity index (χ1) is 12.3. The highest BCUT2D eigenvalue weighted by molar-refractivity contribution is 7.90. The van der Waals surface area contributed by atoms with Crippen LogP contribution < -0.4 is 11.2 Å². The minimum absolute atomic E-state index is 0.0980. The number of fused-ring (bicyclic) bond motifs is 1. The van der Waals surface area contributed by atoms with Gasteiger partial charge in [-0.05, 0) is 24.5 Å². The number of H-pyrrole nitrogens is 1. The molecule has 0 amide bonds. The second kappa shape index (κ2) is 6.91. The van der Waals surface area contributed by atoms with Crippen molar-refractivity contribution in [1.29, 1.82) is 0 Å². The number of rotatable bonds is 6. The summed E-state index contributed by atoms with van der Waals surface area (Å²) in [5, 5.41) is 0. The summed E-state index contributed by atoms with van der Waals surface area (Å²) in [6.45, 7) is 2.73. The van der Waals surface area contributed by atoms with Gasteiger partial charge in [0.1, 0.15) is 9.84 Å². The third-order valence-electron chi connectivity index (χ3n) is 4.22. The molecule has 0 spiro atoms. The van der Waals surface area contributed by atoms with Gasteiger partial charge in [0.2, 0.25) is 0 Å². The average Bonchev–Trinajstić information content (AvgIpc) is 3.01. The van der Waals surface area contributed by atoms with Crippen molar-refractivity contribution in [2.75, 3.05) is 12.0 Å². The summed E-state index contributed by atoms with van der Waals surface area (Å²) in [5.41, 5.74) is 1.53. The molecule has 0 aliphatic rings. The fourth-order valence-corrected chi connectivity index (χ4v) is 3.41. The Hall–Kier alpha value is -2.68. The Morgan fingerprint density at radius 1 is 1.12 bits per heavy atom. The molecular weight excluding hydrogens is 356 g/mol. The SMILES string of the molecule is CCn1cnc2c1c(=O)[nH]c(=O)n2Cc1ccc(CCS(C)(=O)=O)cc1. The second-order valence-electron chi connectivity index (χ2n) is 6.24. The van der Waals surface area contributed by atoms with Crippen LogP contribution in [0.15, 0.2) is 40.2 Å². The first-order valence-corrected chi connectivity index (χ1v) is 10.3. The Morgan fingerprint density at radius 3 is 2.38 bits per heavy atom. The van der Waals surface area contributed by atoms with Crippen LogP contribution in [-0.2, 0) is 29.3 Å². The van der Waals surface area contributed by atoms with E-state index in [0.717, 1.165) is 11.1 Å². The van der Waals surface area contributed by atoms with E-state index in [1.165, 1.54) is 10.8 Å². The van der Waals surface area contributed by atoms with Crippen LogP contribution in [0.4, 0.5) is 0 Å². The third kappa shape index (κ3) is 3.77. The highest BCUT2D eigenvalue weighted by Gasteiger charge is 2.13. The largest absolute Gasteiger partial charge is 0.330 e. The van der Waals surface area contributed by atoms with Crippen molar-refractivity contribution < 1.29 is 8.42 Å². The van der Waals surface area contributed by atoms with Gasteiger partial charge >= 0.3 is 5.69 Å². The topological polar surface area (TPSA) is 107 Å². The number of aromatic amines is 1. The number of aryl methyl sites for hydroxylation is 2. The standard InChI is InChI=1S/C17H20N4O4S/c1-3-20-11-18-15-14(20)16(22)19-17(23)21(15)10-13-6-4-12(5-7-13)8-9-26(2,24)25/h4-7,11H,3,8-10H2,1-2H3,(H,19,22,23). The van der Waals surface area contributed by atoms with Gasteiger partial charge in [0.15, 0.2) is 11.2 Å². The fourth-order valence-electron chi connectivity index (χ4n) is 2.80. The summed E-state index contributed by atoms with van der Waals surface area (Å²) < 4.78 is 25.6. The van der Waals surface area contributed by atoms with E-state index in [2.05, 4.69) is 9.97 Å². The normalized spacial score (nSPS) is 11.9. The van der Waals surface area contributed by atoms with E-state index in [4.69, 9.17) is 0 Å². The molecule has 3 rings (SSSR count). The van der Waals surface area contributed by atoms with Gasteiger partial charge < -0.3 is 4.57 Å². The fraction of sp³-hybridized carbons (Fsp3) is 0.353. The maximum absolute atomic E-state index is 12.2. The van der Waals surface area contributed by atoms with Crippen molar-refractivity contribution in [2.45, 2.75) is 26.4 Å². The number of benzene rings is 1. The monoisotopic (exact) mass is 376 g/mol. The molecule has 2 heterocycles. The van der Waals surface area contributed by atoms with Crippen molar-refractivity contribution in [2.24, 2.45) is 0 Å². The quantitative estimate of drug-likeness (QED) is 0.676. The maximum atomic E-state index is 12.2. The summed E-state index contributed by atoms with van der Waals surface area (Å²) in [5.74, 6) is 0.0980. The Bertz CT molecular complexity index is 1150. The van der Waals surface area contributed by atoms with E-state index in [0.29, 0.717) is 24.1 Å². The van der Waals surface area contributed by atoms with Crippen molar-refractivity contribution in [1.82, 2.24) is 19.1 Å². The van der Waals surface area contributed by atoms with Gasteiger partial charge in [-0.25, -0.2) is 18.2 Å². The van der Waals surface area contributed by atoms with Crippen molar-refractivity contribution >= 4 is 21.0 Å². The van der Waals surface area contributed by atoms with Crippen molar-refractivity contribution in [3.05, 3.63) is 62.6 Å². The summed E-state index contributed by atoms with van der Waals surface area (Å²) in [4.78, 5) is 30.8. The van der Waals surface area contributed by atoms with Crippen LogP contribution in [-0.4, -0.2) is 39.5 Å². The van der Waals surface area contributed by atoms with Crippen LogP contribution in [0.25, 0.3) is 11.2 Å². The molecule has 1 N–H and O–H groups in total. The molecule has 0 aliphatic carbocycles. The average molecular weight is 376 g/mol. The molecule has 9 heteroatoms. The van der Waals surface area contributed by atoms with Crippen LogP contribution in [0.5, 0.6) is 0 Å². The molecule has 2 aromatic heterocycles. The van der Waals surface area contributed by atoms with E-state index < -0.39 is 21.1 Å². The Balaban J connectivity index is 1.91. The number of imidazole rings is 1. The molecule has 26 heavy (non-hydrogen) atoms. The molecule has 0 unspecified atom stereocenters.